The summed E-state index contributed by atoms with van der Waals surface area (Å²) in [5.41, 5.74) is -0.276. The third-order valence-electron chi connectivity index (χ3n) is 2.61. The maximum atomic E-state index is 12.3. The van der Waals surface area contributed by atoms with Gasteiger partial charge in [0.25, 0.3) is 0 Å². The molecule has 1 aromatic carbocycles. The molecule has 19 heavy (non-hydrogen) atoms. The van der Waals surface area contributed by atoms with Gasteiger partial charge in [-0.25, -0.2) is 0 Å². The van der Waals surface area contributed by atoms with Gasteiger partial charge in [-0.3, -0.25) is 0 Å². The normalized spacial score (nSPS) is 10.7. The minimum absolute atomic E-state index is 0.0643. The van der Waals surface area contributed by atoms with Gasteiger partial charge in [-0.05, 0) is 0 Å². The van der Waals surface area contributed by atoms with E-state index in [4.69, 9.17) is 5.11 Å². The molecule has 0 bridgehead atoms. The second-order valence-corrected chi connectivity index (χ2v) is 5.82. The van der Waals surface area contributed by atoms with Gasteiger partial charge in [-0.2, -0.15) is 0 Å². The number of carbonyl (C=O) groups is 1. The second kappa shape index (κ2) is 4.46. The molecule has 3 rings (SSSR count). The zero-order valence-corrected chi connectivity index (χ0v) is 11.2. The number of carboxylic acid groups (broad SMARTS) is 1. The van der Waals surface area contributed by atoms with Crippen molar-refractivity contribution in [3.8, 4) is 5.82 Å². The molecule has 7 heteroatoms. The average Bonchev–Trinajstić information content (AvgIpc) is 2.76. The van der Waals surface area contributed by atoms with E-state index in [1.54, 1.807) is 12.1 Å². The van der Waals surface area contributed by atoms with Crippen molar-refractivity contribution in [3.05, 3.63) is 52.7 Å². The summed E-state index contributed by atoms with van der Waals surface area (Å²) in [6, 6.07) is 7.25. The molecule has 6 nitrogen and oxygen atoms in total. The van der Waals surface area contributed by atoms with Gasteiger partial charge in [-0.1, -0.05) is 0 Å². The molecule has 94 valence electrons. The Morgan fingerprint density at radius 2 is 2.11 bits per heavy atom. The van der Waals surface area contributed by atoms with E-state index in [1.165, 1.54) is 16.1 Å². The molecule has 0 aliphatic carbocycles. The van der Waals surface area contributed by atoms with Gasteiger partial charge >= 0.3 is 112 Å². The van der Waals surface area contributed by atoms with Crippen molar-refractivity contribution < 1.29 is 9.90 Å². The van der Waals surface area contributed by atoms with Crippen LogP contribution in [-0.4, -0.2) is 39.3 Å². The van der Waals surface area contributed by atoms with E-state index in [0.717, 1.165) is 4.26 Å². The van der Waals surface area contributed by atoms with Crippen molar-refractivity contribution in [1.29, 1.82) is 0 Å². The van der Waals surface area contributed by atoms with E-state index in [2.05, 4.69) is 9.97 Å². The molecule has 1 N–H and O–H groups in total. The van der Waals surface area contributed by atoms with Crippen molar-refractivity contribution in [2.45, 2.75) is 0 Å². The molecule has 2 heterocycles. The first-order valence-corrected chi connectivity index (χ1v) is 6.95. The Labute approximate surface area is 112 Å². The van der Waals surface area contributed by atoms with Crippen LogP contribution in [0.2, 0.25) is 0 Å². The molecule has 0 aliphatic rings. The van der Waals surface area contributed by atoms with Gasteiger partial charge in [0.2, 0.25) is 0 Å². The summed E-state index contributed by atoms with van der Waals surface area (Å²) in [7, 11) is 0. The first kappa shape index (κ1) is 11.8. The third-order valence-corrected chi connectivity index (χ3v) is 4.86. The van der Waals surface area contributed by atoms with Crippen LogP contribution in [0.1, 0.15) is 10.4 Å². The number of fused-ring (bicyclic) bond motifs is 1. The average molecular weight is 320 g/mol. The van der Waals surface area contributed by atoms with Crippen LogP contribution in [0.25, 0.3) is 15.5 Å². The fourth-order valence-electron chi connectivity index (χ4n) is 1.75. The van der Waals surface area contributed by atoms with Crippen LogP contribution in [-0.2, 0) is 0 Å². The first-order chi connectivity index (χ1) is 9.18. The quantitative estimate of drug-likeness (QED) is 0.697. The molecule has 0 saturated heterocycles. The van der Waals surface area contributed by atoms with Crippen molar-refractivity contribution in [1.82, 2.24) is 13.5 Å². The Morgan fingerprint density at radius 1 is 1.32 bits per heavy atom. The van der Waals surface area contributed by atoms with Crippen molar-refractivity contribution in [2.24, 2.45) is 0 Å². The predicted molar refractivity (Wildman–Crippen MR) is 69.0 cm³/mol. The molecule has 3 aromatic rings. The van der Waals surface area contributed by atoms with Crippen LogP contribution in [0.4, 0.5) is 0 Å². The van der Waals surface area contributed by atoms with Gasteiger partial charge in [-0.15, -0.1) is 0 Å². The Hall–Kier alpha value is -2.24. The second-order valence-electron chi connectivity index (χ2n) is 3.75. The number of benzene rings is 1. The van der Waals surface area contributed by atoms with Crippen LogP contribution >= 0.6 is 0 Å². The van der Waals surface area contributed by atoms with Crippen molar-refractivity contribution in [2.75, 3.05) is 0 Å². The van der Waals surface area contributed by atoms with Gasteiger partial charge in [0, 0.05) is 0 Å². The molecule has 0 amide bonds. The summed E-state index contributed by atoms with van der Waals surface area (Å²) in [5, 5.41) is 9.73. The number of hydrogen-bond donors (Lipinski definition) is 1. The molecule has 0 unspecified atom stereocenters. The summed E-state index contributed by atoms with van der Waals surface area (Å²) in [4.78, 5) is 31.0. The van der Waals surface area contributed by atoms with Crippen LogP contribution in [0.15, 0.2) is 41.6 Å². The summed E-state index contributed by atoms with van der Waals surface area (Å²) >= 11 is -0.299. The van der Waals surface area contributed by atoms with Gasteiger partial charge in [0.1, 0.15) is 0 Å². The predicted octanol–water partition coefficient (Wildman–Crippen LogP) is 0.536. The van der Waals surface area contributed by atoms with E-state index in [-0.39, 0.29) is 31.7 Å². The molecular weight excluding hydrogens is 313 g/mol. The maximum absolute atomic E-state index is 12.3. The van der Waals surface area contributed by atoms with Gasteiger partial charge in [0.05, 0.1) is 0 Å². The minimum atomic E-state index is -1.14. The number of carboxylic acids is 1. The monoisotopic (exact) mass is 321 g/mol. The number of aromatic carboxylic acids is 1. The molecule has 0 spiro atoms. The van der Waals surface area contributed by atoms with E-state index >= 15 is 0 Å². The molecule has 0 radical (unpaired) electrons. The van der Waals surface area contributed by atoms with Crippen molar-refractivity contribution >= 4 is 30.3 Å². The number of aromatic nitrogens is 3. The van der Waals surface area contributed by atoms with Crippen LogP contribution in [0.5, 0.6) is 0 Å². The topological polar surface area (TPSA) is 85.1 Å². The molecule has 0 fully saturated rings. The van der Waals surface area contributed by atoms with Crippen LogP contribution < -0.4 is 5.56 Å². The standard InChI is InChI=1S/C12H7N3O3Se/c16-11-7-3-1-2-4-9(7)19-15(11)10-8(12(17)18)5-13-6-14-10/h1-6H,(H,17,18). The molecule has 0 aliphatic heterocycles. The first-order valence-electron chi connectivity index (χ1n) is 5.33. The molecular formula is C12H7N3O3Se. The number of hydrogen-bond acceptors (Lipinski definition) is 4. The van der Waals surface area contributed by atoms with Crippen LogP contribution in [0.3, 0.4) is 0 Å². The van der Waals surface area contributed by atoms with E-state index in [9.17, 15) is 9.59 Å². The van der Waals surface area contributed by atoms with Crippen molar-refractivity contribution in [3.63, 3.8) is 0 Å². The summed E-state index contributed by atoms with van der Waals surface area (Å²) in [6.07, 6.45) is 2.45. The Kier molecular flexibility index (Phi) is 2.77. The molecule has 0 atom stereocenters. The zero-order valence-electron chi connectivity index (χ0n) is 9.48. The number of nitrogens with zero attached hydrogens (tertiary/aromatic N) is 3. The van der Waals surface area contributed by atoms with Crippen LogP contribution in [0, 0.1) is 0 Å². The molecule has 0 saturated carbocycles. The fourth-order valence-corrected chi connectivity index (χ4v) is 3.85. The van der Waals surface area contributed by atoms with Gasteiger partial charge in [0.15, 0.2) is 0 Å². The van der Waals surface area contributed by atoms with Gasteiger partial charge < -0.3 is 0 Å². The summed E-state index contributed by atoms with van der Waals surface area (Å²) < 4.78 is 2.35. The van der Waals surface area contributed by atoms with E-state index in [0.29, 0.717) is 5.39 Å². The zero-order chi connectivity index (χ0) is 13.4. The van der Waals surface area contributed by atoms with E-state index in [1.807, 2.05) is 12.1 Å². The SMILES string of the molecule is O=C(O)c1cncnc1-n1[se]c2ccccc2c1=O. The Morgan fingerprint density at radius 3 is 2.84 bits per heavy atom. The Balaban J connectivity index is 2.34. The van der Waals surface area contributed by atoms with E-state index < -0.39 is 5.97 Å². The Bertz CT molecular complexity index is 837. The summed E-state index contributed by atoms with van der Waals surface area (Å²) in [6.45, 7) is 0. The molecule has 2 aromatic heterocycles. The fraction of sp³-hybridized carbons (Fsp3) is 0. The number of rotatable bonds is 2. The summed E-state index contributed by atoms with van der Waals surface area (Å²) in [5.74, 6) is -0.987. The third kappa shape index (κ3) is 1.89.